The minimum absolute atomic E-state index is 0.160. The Balaban J connectivity index is 2.16. The quantitative estimate of drug-likeness (QED) is 0.867. The predicted molar refractivity (Wildman–Crippen MR) is 65.8 cm³/mol. The lowest BCUT2D eigenvalue weighted by atomic mass is 10.0. The largest absolute Gasteiger partial charge is 0.439 e. The molecule has 1 atom stereocenters. The van der Waals surface area contributed by atoms with Gasteiger partial charge in [0.1, 0.15) is 6.10 Å². The van der Waals surface area contributed by atoms with E-state index in [4.69, 9.17) is 10.5 Å². The van der Waals surface area contributed by atoms with Crippen molar-refractivity contribution in [2.75, 3.05) is 19.6 Å². The summed E-state index contributed by atoms with van der Waals surface area (Å²) in [6, 6.07) is 6.24. The van der Waals surface area contributed by atoms with Gasteiger partial charge in [-0.2, -0.15) is 0 Å². The Labute approximate surface area is 101 Å². The van der Waals surface area contributed by atoms with Crippen LogP contribution in [0.2, 0.25) is 0 Å². The SMILES string of the molecule is Cc1cc(C)cc(C2CN(CCN)C(=O)O2)c1. The van der Waals surface area contributed by atoms with Gasteiger partial charge in [0.2, 0.25) is 0 Å². The van der Waals surface area contributed by atoms with Gasteiger partial charge in [0.05, 0.1) is 6.54 Å². The summed E-state index contributed by atoms with van der Waals surface area (Å²) in [6.45, 7) is 5.71. The van der Waals surface area contributed by atoms with Crippen molar-refractivity contribution >= 4 is 6.09 Å². The molecule has 17 heavy (non-hydrogen) atoms. The van der Waals surface area contributed by atoms with Crippen LogP contribution < -0.4 is 5.73 Å². The molecule has 1 aromatic rings. The maximum atomic E-state index is 11.6. The van der Waals surface area contributed by atoms with E-state index >= 15 is 0 Å². The highest BCUT2D eigenvalue weighted by Gasteiger charge is 2.31. The first-order valence-electron chi connectivity index (χ1n) is 5.84. The van der Waals surface area contributed by atoms with E-state index in [1.807, 2.05) is 13.8 Å². The summed E-state index contributed by atoms with van der Waals surface area (Å²) in [5, 5.41) is 0. The predicted octanol–water partition coefficient (Wildman–Crippen LogP) is 1.76. The van der Waals surface area contributed by atoms with Gasteiger partial charge in [-0.15, -0.1) is 0 Å². The standard InChI is InChI=1S/C13H18N2O2/c1-9-5-10(2)7-11(6-9)12-8-15(4-3-14)13(16)17-12/h5-7,12H,3-4,8,14H2,1-2H3. The van der Waals surface area contributed by atoms with Crippen molar-refractivity contribution in [2.45, 2.75) is 20.0 Å². The second kappa shape index (κ2) is 4.75. The van der Waals surface area contributed by atoms with E-state index in [0.29, 0.717) is 19.6 Å². The molecule has 0 saturated carbocycles. The third-order valence-electron chi connectivity index (χ3n) is 2.90. The van der Waals surface area contributed by atoms with Crippen LogP contribution in [0.25, 0.3) is 0 Å². The molecule has 0 radical (unpaired) electrons. The van der Waals surface area contributed by atoms with Crippen molar-refractivity contribution < 1.29 is 9.53 Å². The molecule has 1 unspecified atom stereocenters. The molecular weight excluding hydrogens is 216 g/mol. The first-order valence-corrected chi connectivity index (χ1v) is 5.84. The van der Waals surface area contributed by atoms with Crippen LogP contribution in [0.15, 0.2) is 18.2 Å². The Bertz CT molecular complexity index is 411. The number of rotatable bonds is 3. The molecule has 1 aliphatic heterocycles. The molecule has 1 fully saturated rings. The number of carbonyl (C=O) groups is 1. The van der Waals surface area contributed by atoms with Crippen LogP contribution >= 0.6 is 0 Å². The minimum atomic E-state index is -0.264. The van der Waals surface area contributed by atoms with Gasteiger partial charge in [-0.1, -0.05) is 29.3 Å². The van der Waals surface area contributed by atoms with Gasteiger partial charge in [-0.05, 0) is 19.4 Å². The fourth-order valence-electron chi connectivity index (χ4n) is 2.22. The molecule has 1 aromatic carbocycles. The summed E-state index contributed by atoms with van der Waals surface area (Å²) in [5.74, 6) is 0. The van der Waals surface area contributed by atoms with Crippen LogP contribution in [-0.4, -0.2) is 30.6 Å². The maximum Gasteiger partial charge on any atom is 0.410 e. The molecule has 2 rings (SSSR count). The van der Waals surface area contributed by atoms with Gasteiger partial charge in [0.25, 0.3) is 0 Å². The Morgan fingerprint density at radius 1 is 1.35 bits per heavy atom. The maximum absolute atomic E-state index is 11.6. The fourth-order valence-corrected chi connectivity index (χ4v) is 2.22. The molecule has 4 nitrogen and oxygen atoms in total. The van der Waals surface area contributed by atoms with Gasteiger partial charge in [-0.25, -0.2) is 4.79 Å². The highest BCUT2D eigenvalue weighted by Crippen LogP contribution is 2.27. The third kappa shape index (κ3) is 2.58. The van der Waals surface area contributed by atoms with Crippen molar-refractivity contribution in [3.8, 4) is 0 Å². The number of nitrogens with zero attached hydrogens (tertiary/aromatic N) is 1. The van der Waals surface area contributed by atoms with E-state index in [0.717, 1.165) is 5.56 Å². The van der Waals surface area contributed by atoms with Gasteiger partial charge in [0, 0.05) is 13.1 Å². The van der Waals surface area contributed by atoms with Crippen molar-refractivity contribution in [1.82, 2.24) is 4.90 Å². The molecule has 1 saturated heterocycles. The lowest BCUT2D eigenvalue weighted by Gasteiger charge is -2.12. The summed E-state index contributed by atoms with van der Waals surface area (Å²) in [4.78, 5) is 13.2. The molecule has 4 heteroatoms. The smallest absolute Gasteiger partial charge is 0.410 e. The van der Waals surface area contributed by atoms with Crippen LogP contribution in [0.4, 0.5) is 4.79 Å². The Kier molecular flexibility index (Phi) is 3.33. The third-order valence-corrected chi connectivity index (χ3v) is 2.90. The van der Waals surface area contributed by atoms with Crippen LogP contribution in [0.1, 0.15) is 22.8 Å². The van der Waals surface area contributed by atoms with Crippen LogP contribution in [-0.2, 0) is 4.74 Å². The summed E-state index contributed by atoms with van der Waals surface area (Å²) in [6.07, 6.45) is -0.424. The molecule has 2 N–H and O–H groups in total. The van der Waals surface area contributed by atoms with E-state index in [2.05, 4.69) is 18.2 Å². The van der Waals surface area contributed by atoms with Gasteiger partial charge >= 0.3 is 6.09 Å². The van der Waals surface area contributed by atoms with Crippen LogP contribution in [0.5, 0.6) is 0 Å². The van der Waals surface area contributed by atoms with Gasteiger partial charge < -0.3 is 15.4 Å². The van der Waals surface area contributed by atoms with Crippen molar-refractivity contribution in [3.63, 3.8) is 0 Å². The zero-order valence-electron chi connectivity index (χ0n) is 10.3. The summed E-state index contributed by atoms with van der Waals surface area (Å²) in [5.41, 5.74) is 8.90. The van der Waals surface area contributed by atoms with Crippen molar-refractivity contribution in [3.05, 3.63) is 34.9 Å². The normalized spacial score (nSPS) is 19.6. The number of cyclic esters (lactones) is 1. The lowest BCUT2D eigenvalue weighted by Crippen LogP contribution is -2.30. The minimum Gasteiger partial charge on any atom is -0.439 e. The molecular formula is C13H18N2O2. The zero-order valence-corrected chi connectivity index (χ0v) is 10.3. The van der Waals surface area contributed by atoms with Gasteiger partial charge in [-0.3, -0.25) is 0 Å². The van der Waals surface area contributed by atoms with Crippen molar-refractivity contribution in [2.24, 2.45) is 5.73 Å². The number of hydrogen-bond donors (Lipinski definition) is 1. The molecule has 1 aliphatic rings. The molecule has 0 bridgehead atoms. The highest BCUT2D eigenvalue weighted by molar-refractivity contribution is 5.70. The molecule has 0 aliphatic carbocycles. The molecule has 0 spiro atoms. The highest BCUT2D eigenvalue weighted by atomic mass is 16.6. The van der Waals surface area contributed by atoms with Crippen LogP contribution in [0, 0.1) is 13.8 Å². The first kappa shape index (κ1) is 11.9. The number of nitrogens with two attached hydrogens (primary N) is 1. The Hall–Kier alpha value is -1.55. The number of hydrogen-bond acceptors (Lipinski definition) is 3. The average molecular weight is 234 g/mol. The number of aryl methyl sites for hydroxylation is 2. The van der Waals surface area contributed by atoms with E-state index in [1.165, 1.54) is 11.1 Å². The zero-order chi connectivity index (χ0) is 12.4. The first-order chi connectivity index (χ1) is 8.10. The number of amides is 1. The Morgan fingerprint density at radius 2 is 2.00 bits per heavy atom. The second-order valence-electron chi connectivity index (χ2n) is 4.53. The number of benzene rings is 1. The van der Waals surface area contributed by atoms with Crippen LogP contribution in [0.3, 0.4) is 0 Å². The Morgan fingerprint density at radius 3 is 2.59 bits per heavy atom. The monoisotopic (exact) mass is 234 g/mol. The molecule has 1 heterocycles. The topological polar surface area (TPSA) is 55.6 Å². The molecule has 92 valence electrons. The van der Waals surface area contributed by atoms with E-state index in [9.17, 15) is 4.79 Å². The summed E-state index contributed by atoms with van der Waals surface area (Å²) in [7, 11) is 0. The summed E-state index contributed by atoms with van der Waals surface area (Å²) >= 11 is 0. The molecule has 1 amide bonds. The van der Waals surface area contributed by atoms with E-state index in [-0.39, 0.29) is 12.2 Å². The molecule has 0 aromatic heterocycles. The van der Waals surface area contributed by atoms with Crippen molar-refractivity contribution in [1.29, 1.82) is 0 Å². The fraction of sp³-hybridized carbons (Fsp3) is 0.462. The van der Waals surface area contributed by atoms with E-state index < -0.39 is 0 Å². The lowest BCUT2D eigenvalue weighted by molar-refractivity contribution is 0.133. The number of carbonyl (C=O) groups excluding carboxylic acids is 1. The van der Waals surface area contributed by atoms with Gasteiger partial charge in [0.15, 0.2) is 0 Å². The average Bonchev–Trinajstić information content (AvgIpc) is 2.60. The summed E-state index contributed by atoms with van der Waals surface area (Å²) < 4.78 is 5.35. The van der Waals surface area contributed by atoms with E-state index in [1.54, 1.807) is 4.90 Å². The number of ether oxygens (including phenoxy) is 1. The second-order valence-corrected chi connectivity index (χ2v) is 4.53.